The number of rotatable bonds is 3. The fraction of sp³-hybridized carbons (Fsp3) is 0.105. The average Bonchev–Trinajstić information content (AvgIpc) is 2.57. The molecule has 0 aliphatic heterocycles. The smallest absolute Gasteiger partial charge is 0.259 e. The molecule has 122 valence electrons. The maximum absolute atomic E-state index is 12.8. The standard InChI is InChI=1S/C19H17BrN2O2/c1-11-9-13(21)7-8-16(11)22-19(23)15-10-12-5-3-4-6-14(12)17(20)18(15)24-2/h3-10H,21H2,1-2H3,(H,22,23). The zero-order chi connectivity index (χ0) is 17.3. The minimum Gasteiger partial charge on any atom is -0.495 e. The predicted octanol–water partition coefficient (Wildman–Crippen LogP) is 4.75. The van der Waals surface area contributed by atoms with Crippen molar-refractivity contribution >= 4 is 44.0 Å². The van der Waals surface area contributed by atoms with Crippen LogP contribution >= 0.6 is 15.9 Å². The number of ether oxygens (including phenoxy) is 1. The van der Waals surface area contributed by atoms with Gasteiger partial charge in [-0.05, 0) is 63.5 Å². The summed E-state index contributed by atoms with van der Waals surface area (Å²) in [5.41, 5.74) is 8.52. The average molecular weight is 385 g/mol. The number of aryl methyl sites for hydroxylation is 1. The van der Waals surface area contributed by atoms with Crippen LogP contribution in [-0.4, -0.2) is 13.0 Å². The van der Waals surface area contributed by atoms with Crippen LogP contribution in [0.2, 0.25) is 0 Å². The molecule has 0 atom stereocenters. The highest BCUT2D eigenvalue weighted by Crippen LogP contribution is 2.37. The third-order valence-electron chi connectivity index (χ3n) is 3.89. The Labute approximate surface area is 148 Å². The molecule has 0 unspecified atom stereocenters. The molecular formula is C19H17BrN2O2. The molecular weight excluding hydrogens is 368 g/mol. The van der Waals surface area contributed by atoms with Crippen LogP contribution in [0.1, 0.15) is 15.9 Å². The number of carbonyl (C=O) groups is 1. The Hall–Kier alpha value is -2.53. The van der Waals surface area contributed by atoms with Gasteiger partial charge in [0.1, 0.15) is 5.75 Å². The highest BCUT2D eigenvalue weighted by molar-refractivity contribution is 9.10. The van der Waals surface area contributed by atoms with Gasteiger partial charge in [0.25, 0.3) is 5.91 Å². The van der Waals surface area contributed by atoms with Gasteiger partial charge < -0.3 is 15.8 Å². The molecule has 24 heavy (non-hydrogen) atoms. The number of benzene rings is 3. The Morgan fingerprint density at radius 1 is 1.17 bits per heavy atom. The molecule has 0 saturated carbocycles. The minimum absolute atomic E-state index is 0.230. The van der Waals surface area contributed by atoms with E-state index in [1.54, 1.807) is 19.2 Å². The molecule has 1 amide bonds. The van der Waals surface area contributed by atoms with Crippen LogP contribution in [0.3, 0.4) is 0 Å². The predicted molar refractivity (Wildman–Crippen MR) is 102 cm³/mol. The van der Waals surface area contributed by atoms with Gasteiger partial charge in [0.05, 0.1) is 17.1 Å². The van der Waals surface area contributed by atoms with Gasteiger partial charge in [0.15, 0.2) is 0 Å². The van der Waals surface area contributed by atoms with Crippen molar-refractivity contribution < 1.29 is 9.53 Å². The Morgan fingerprint density at radius 2 is 1.92 bits per heavy atom. The van der Waals surface area contributed by atoms with Crippen molar-refractivity contribution in [3.63, 3.8) is 0 Å². The summed E-state index contributed by atoms with van der Waals surface area (Å²) in [6.07, 6.45) is 0. The summed E-state index contributed by atoms with van der Waals surface area (Å²) in [7, 11) is 1.56. The number of anilines is 2. The highest BCUT2D eigenvalue weighted by Gasteiger charge is 2.18. The summed E-state index contributed by atoms with van der Waals surface area (Å²) in [6.45, 7) is 1.90. The second-order valence-corrected chi connectivity index (χ2v) is 6.31. The number of methoxy groups -OCH3 is 1. The van der Waals surface area contributed by atoms with E-state index in [4.69, 9.17) is 10.5 Å². The van der Waals surface area contributed by atoms with Gasteiger partial charge >= 0.3 is 0 Å². The molecule has 0 aliphatic rings. The molecule has 3 aromatic rings. The molecule has 0 aliphatic carbocycles. The van der Waals surface area contributed by atoms with Crippen LogP contribution in [0.4, 0.5) is 11.4 Å². The quantitative estimate of drug-likeness (QED) is 0.640. The van der Waals surface area contributed by atoms with E-state index in [0.29, 0.717) is 17.0 Å². The normalized spacial score (nSPS) is 10.6. The molecule has 0 fully saturated rings. The lowest BCUT2D eigenvalue weighted by atomic mass is 10.0. The third kappa shape index (κ3) is 2.95. The summed E-state index contributed by atoms with van der Waals surface area (Å²) in [5, 5.41) is 4.88. The minimum atomic E-state index is -0.230. The number of hydrogen-bond acceptors (Lipinski definition) is 3. The Bertz CT molecular complexity index is 938. The number of amides is 1. The number of nitrogens with two attached hydrogens (primary N) is 1. The molecule has 4 nitrogen and oxygen atoms in total. The van der Waals surface area contributed by atoms with E-state index in [0.717, 1.165) is 26.5 Å². The van der Waals surface area contributed by atoms with Crippen molar-refractivity contribution in [2.24, 2.45) is 0 Å². The van der Waals surface area contributed by atoms with E-state index in [-0.39, 0.29) is 5.91 Å². The van der Waals surface area contributed by atoms with Crippen LogP contribution in [0.15, 0.2) is 53.0 Å². The number of fused-ring (bicyclic) bond motifs is 1. The van der Waals surface area contributed by atoms with Crippen LogP contribution in [0, 0.1) is 6.92 Å². The van der Waals surface area contributed by atoms with Gasteiger partial charge in [-0.3, -0.25) is 4.79 Å². The number of hydrogen-bond donors (Lipinski definition) is 2. The molecule has 0 spiro atoms. The van der Waals surface area contributed by atoms with Gasteiger partial charge in [-0.25, -0.2) is 0 Å². The van der Waals surface area contributed by atoms with E-state index in [1.807, 2.05) is 43.3 Å². The SMILES string of the molecule is COc1c(C(=O)Nc2ccc(N)cc2C)cc2ccccc2c1Br. The molecule has 0 aromatic heterocycles. The first-order chi connectivity index (χ1) is 11.5. The highest BCUT2D eigenvalue weighted by atomic mass is 79.9. The van der Waals surface area contributed by atoms with Crippen molar-refractivity contribution in [2.45, 2.75) is 6.92 Å². The summed E-state index contributed by atoms with van der Waals surface area (Å²) in [4.78, 5) is 12.8. The maximum atomic E-state index is 12.8. The van der Waals surface area contributed by atoms with Gasteiger partial charge in [0.2, 0.25) is 0 Å². The number of halogens is 1. The van der Waals surface area contributed by atoms with Crippen LogP contribution in [0.25, 0.3) is 10.8 Å². The van der Waals surface area contributed by atoms with Gasteiger partial charge in [-0.1, -0.05) is 24.3 Å². The molecule has 3 aromatic carbocycles. The zero-order valence-electron chi connectivity index (χ0n) is 13.4. The first-order valence-corrected chi connectivity index (χ1v) is 8.23. The lowest BCUT2D eigenvalue weighted by molar-refractivity contribution is 0.102. The Balaban J connectivity index is 2.06. The zero-order valence-corrected chi connectivity index (χ0v) is 15.0. The van der Waals surface area contributed by atoms with Crippen molar-refractivity contribution in [2.75, 3.05) is 18.2 Å². The second-order valence-electron chi connectivity index (χ2n) is 5.52. The number of carbonyl (C=O) groups excluding carboxylic acids is 1. The van der Waals surface area contributed by atoms with Crippen LogP contribution < -0.4 is 15.8 Å². The van der Waals surface area contributed by atoms with E-state index in [2.05, 4.69) is 21.2 Å². The van der Waals surface area contributed by atoms with Crippen molar-refractivity contribution in [1.29, 1.82) is 0 Å². The summed E-state index contributed by atoms with van der Waals surface area (Å²) in [6, 6.07) is 15.0. The van der Waals surface area contributed by atoms with E-state index in [9.17, 15) is 4.79 Å². The topological polar surface area (TPSA) is 64.3 Å². The molecule has 3 rings (SSSR count). The van der Waals surface area contributed by atoms with Crippen LogP contribution in [-0.2, 0) is 0 Å². The summed E-state index contributed by atoms with van der Waals surface area (Å²) in [5.74, 6) is 0.283. The van der Waals surface area contributed by atoms with Crippen molar-refractivity contribution in [3.05, 3.63) is 64.1 Å². The molecule has 0 radical (unpaired) electrons. The molecule has 0 bridgehead atoms. The molecule has 0 heterocycles. The van der Waals surface area contributed by atoms with Crippen molar-refractivity contribution in [3.8, 4) is 5.75 Å². The van der Waals surface area contributed by atoms with Gasteiger partial charge in [0, 0.05) is 11.4 Å². The van der Waals surface area contributed by atoms with E-state index in [1.165, 1.54) is 0 Å². The third-order valence-corrected chi connectivity index (χ3v) is 4.68. The number of nitrogen functional groups attached to an aromatic ring is 1. The fourth-order valence-corrected chi connectivity index (χ4v) is 3.41. The largest absolute Gasteiger partial charge is 0.495 e. The Morgan fingerprint density at radius 3 is 2.62 bits per heavy atom. The first-order valence-electron chi connectivity index (χ1n) is 7.44. The molecule has 0 saturated heterocycles. The molecule has 5 heteroatoms. The van der Waals surface area contributed by atoms with Crippen LogP contribution in [0.5, 0.6) is 5.75 Å². The lowest BCUT2D eigenvalue weighted by Gasteiger charge is -2.14. The lowest BCUT2D eigenvalue weighted by Crippen LogP contribution is -2.14. The monoisotopic (exact) mass is 384 g/mol. The Kier molecular flexibility index (Phi) is 4.44. The second kappa shape index (κ2) is 6.53. The van der Waals surface area contributed by atoms with E-state index >= 15 is 0 Å². The maximum Gasteiger partial charge on any atom is 0.259 e. The molecule has 3 N–H and O–H groups in total. The van der Waals surface area contributed by atoms with Gasteiger partial charge in [-0.2, -0.15) is 0 Å². The summed E-state index contributed by atoms with van der Waals surface area (Å²) < 4.78 is 6.23. The number of nitrogens with one attached hydrogen (secondary N) is 1. The summed E-state index contributed by atoms with van der Waals surface area (Å²) >= 11 is 3.55. The first kappa shape index (κ1) is 16.3. The van der Waals surface area contributed by atoms with Crippen molar-refractivity contribution in [1.82, 2.24) is 0 Å². The fourth-order valence-electron chi connectivity index (χ4n) is 2.67. The van der Waals surface area contributed by atoms with E-state index < -0.39 is 0 Å². The van der Waals surface area contributed by atoms with Gasteiger partial charge in [-0.15, -0.1) is 0 Å².